The molecule has 0 radical (unpaired) electrons. The van der Waals surface area contributed by atoms with Gasteiger partial charge in [-0.2, -0.15) is 0 Å². The Morgan fingerprint density at radius 3 is 2.04 bits per heavy atom. The summed E-state index contributed by atoms with van der Waals surface area (Å²) in [6, 6.07) is 10.8. The van der Waals surface area contributed by atoms with Crippen LogP contribution >= 0.6 is 0 Å². The van der Waals surface area contributed by atoms with Crippen molar-refractivity contribution >= 4 is 17.4 Å². The first kappa shape index (κ1) is 17.7. The van der Waals surface area contributed by atoms with E-state index in [1.54, 1.807) is 31.2 Å². The summed E-state index contributed by atoms with van der Waals surface area (Å²) in [5.74, 6) is 0.346. The van der Waals surface area contributed by atoms with Crippen LogP contribution in [-0.2, 0) is 4.79 Å². The summed E-state index contributed by atoms with van der Waals surface area (Å²) in [5, 5.41) is 2.94. The number of benzene rings is 2. The Hall–Kier alpha value is -2.62. The fourth-order valence-electron chi connectivity index (χ4n) is 2.63. The van der Waals surface area contributed by atoms with Crippen molar-refractivity contribution in [2.24, 2.45) is 0 Å². The van der Waals surface area contributed by atoms with Gasteiger partial charge in [-0.05, 0) is 70.0 Å². The third-order valence-electron chi connectivity index (χ3n) is 3.87. The Labute approximate surface area is 142 Å². The zero-order valence-electron chi connectivity index (χ0n) is 14.8. The lowest BCUT2D eigenvalue weighted by Crippen LogP contribution is -2.30. The molecule has 126 valence electrons. The lowest BCUT2D eigenvalue weighted by molar-refractivity contribution is -0.122. The molecule has 0 fully saturated rings. The molecule has 0 saturated carbocycles. The van der Waals surface area contributed by atoms with Gasteiger partial charge in [-0.15, -0.1) is 0 Å². The summed E-state index contributed by atoms with van der Waals surface area (Å²) >= 11 is 0. The molecule has 0 aliphatic heterocycles. The molecule has 2 aromatic carbocycles. The number of ether oxygens (including phenoxy) is 1. The van der Waals surface area contributed by atoms with Crippen LogP contribution < -0.4 is 10.1 Å². The number of aryl methyl sites for hydroxylation is 3. The van der Waals surface area contributed by atoms with Crippen molar-refractivity contribution in [2.75, 3.05) is 5.32 Å². The van der Waals surface area contributed by atoms with Gasteiger partial charge in [0.1, 0.15) is 5.75 Å². The lowest BCUT2D eigenvalue weighted by Gasteiger charge is -2.17. The van der Waals surface area contributed by atoms with Crippen molar-refractivity contribution in [3.8, 4) is 5.75 Å². The number of rotatable bonds is 5. The van der Waals surface area contributed by atoms with Crippen molar-refractivity contribution in [1.29, 1.82) is 0 Å². The minimum absolute atomic E-state index is 0.00216. The molecule has 0 aromatic heterocycles. The molecule has 2 rings (SSSR count). The first-order chi connectivity index (χ1) is 11.3. The summed E-state index contributed by atoms with van der Waals surface area (Å²) in [6.07, 6.45) is -0.645. The highest BCUT2D eigenvalue weighted by Crippen LogP contribution is 2.22. The summed E-state index contributed by atoms with van der Waals surface area (Å²) < 4.78 is 5.66. The molecule has 0 saturated heterocycles. The normalized spacial score (nSPS) is 11.7. The molecule has 0 unspecified atom stereocenters. The molecule has 0 bridgehead atoms. The zero-order chi connectivity index (χ0) is 17.9. The van der Waals surface area contributed by atoms with E-state index in [0.29, 0.717) is 11.3 Å². The van der Waals surface area contributed by atoms with Crippen LogP contribution in [0.2, 0.25) is 0 Å². The average Bonchev–Trinajstić information content (AvgIpc) is 2.51. The highest BCUT2D eigenvalue weighted by Gasteiger charge is 2.17. The monoisotopic (exact) mass is 325 g/mol. The largest absolute Gasteiger partial charge is 0.481 e. The molecular weight excluding hydrogens is 302 g/mol. The van der Waals surface area contributed by atoms with E-state index in [-0.39, 0.29) is 11.7 Å². The van der Waals surface area contributed by atoms with Crippen LogP contribution in [-0.4, -0.2) is 17.8 Å². The predicted octanol–water partition coefficient (Wildman–Crippen LogP) is 4.22. The van der Waals surface area contributed by atoms with Crippen molar-refractivity contribution in [3.05, 3.63) is 58.7 Å². The summed E-state index contributed by atoms with van der Waals surface area (Å²) in [5.41, 5.74) is 4.66. The maximum atomic E-state index is 12.4. The number of hydrogen-bond donors (Lipinski definition) is 1. The first-order valence-electron chi connectivity index (χ1n) is 7.94. The third-order valence-corrected chi connectivity index (χ3v) is 3.87. The van der Waals surface area contributed by atoms with Crippen molar-refractivity contribution in [3.63, 3.8) is 0 Å². The van der Waals surface area contributed by atoms with Crippen molar-refractivity contribution in [2.45, 2.75) is 40.7 Å². The van der Waals surface area contributed by atoms with Crippen LogP contribution in [0.5, 0.6) is 5.75 Å². The molecule has 0 aliphatic carbocycles. The van der Waals surface area contributed by atoms with E-state index in [4.69, 9.17) is 4.74 Å². The molecular formula is C20H23NO3. The second-order valence-corrected chi connectivity index (χ2v) is 6.10. The van der Waals surface area contributed by atoms with Gasteiger partial charge in [0.25, 0.3) is 5.91 Å². The number of Topliss-reactive ketones (excluding diaryl/α,β-unsaturated/α-hetero) is 1. The van der Waals surface area contributed by atoms with Gasteiger partial charge in [-0.25, -0.2) is 0 Å². The van der Waals surface area contributed by atoms with Crippen LogP contribution in [0.4, 0.5) is 5.69 Å². The second kappa shape index (κ2) is 7.30. The highest BCUT2D eigenvalue weighted by atomic mass is 16.5. The Bertz CT molecular complexity index is 740. The highest BCUT2D eigenvalue weighted by molar-refractivity contribution is 5.96. The van der Waals surface area contributed by atoms with Crippen LogP contribution in [0.1, 0.15) is 40.9 Å². The number of carbonyl (C=O) groups is 2. The van der Waals surface area contributed by atoms with Crippen LogP contribution in [0, 0.1) is 20.8 Å². The SMILES string of the molecule is CC(=O)c1ccc(O[C@@H](C)C(=O)Nc2c(C)cc(C)cc2C)cc1. The van der Waals surface area contributed by atoms with E-state index in [2.05, 4.69) is 5.32 Å². The second-order valence-electron chi connectivity index (χ2n) is 6.10. The quantitative estimate of drug-likeness (QED) is 0.837. The number of amides is 1. The van der Waals surface area contributed by atoms with Gasteiger partial charge in [-0.1, -0.05) is 17.7 Å². The molecule has 0 heterocycles. The molecule has 4 nitrogen and oxygen atoms in total. The summed E-state index contributed by atoms with van der Waals surface area (Å²) in [7, 11) is 0. The van der Waals surface area contributed by atoms with Gasteiger partial charge in [0, 0.05) is 11.3 Å². The average molecular weight is 325 g/mol. The Kier molecular flexibility index (Phi) is 5.39. The standard InChI is InChI=1S/C20H23NO3/c1-12-10-13(2)19(14(3)11-12)21-20(23)16(5)24-18-8-6-17(7-9-18)15(4)22/h6-11,16H,1-5H3,(H,21,23)/t16-/m0/s1. The topological polar surface area (TPSA) is 55.4 Å². The number of anilines is 1. The number of ketones is 1. The molecule has 1 atom stereocenters. The Morgan fingerprint density at radius 1 is 1.00 bits per heavy atom. The van der Waals surface area contributed by atoms with Gasteiger partial charge < -0.3 is 10.1 Å². The van der Waals surface area contributed by atoms with E-state index in [9.17, 15) is 9.59 Å². The van der Waals surface area contributed by atoms with E-state index < -0.39 is 6.10 Å². The number of nitrogens with one attached hydrogen (secondary N) is 1. The summed E-state index contributed by atoms with van der Waals surface area (Å²) in [6.45, 7) is 9.19. The molecule has 0 spiro atoms. The lowest BCUT2D eigenvalue weighted by atomic mass is 10.0. The van der Waals surface area contributed by atoms with Gasteiger partial charge in [0.2, 0.25) is 0 Å². The fraction of sp³-hybridized carbons (Fsp3) is 0.300. The number of hydrogen-bond acceptors (Lipinski definition) is 3. The maximum Gasteiger partial charge on any atom is 0.265 e. The molecule has 1 amide bonds. The molecule has 0 aliphatic rings. The van der Waals surface area contributed by atoms with E-state index in [1.807, 2.05) is 32.9 Å². The Balaban J connectivity index is 2.06. The van der Waals surface area contributed by atoms with E-state index in [0.717, 1.165) is 22.4 Å². The van der Waals surface area contributed by atoms with Gasteiger partial charge in [0.05, 0.1) is 0 Å². The number of carbonyl (C=O) groups excluding carboxylic acids is 2. The van der Waals surface area contributed by atoms with Crippen LogP contribution in [0.15, 0.2) is 36.4 Å². The smallest absolute Gasteiger partial charge is 0.265 e. The minimum atomic E-state index is -0.645. The van der Waals surface area contributed by atoms with Crippen LogP contribution in [0.3, 0.4) is 0 Å². The fourth-order valence-corrected chi connectivity index (χ4v) is 2.63. The molecule has 24 heavy (non-hydrogen) atoms. The van der Waals surface area contributed by atoms with E-state index >= 15 is 0 Å². The van der Waals surface area contributed by atoms with E-state index in [1.165, 1.54) is 6.92 Å². The minimum Gasteiger partial charge on any atom is -0.481 e. The Morgan fingerprint density at radius 2 is 1.54 bits per heavy atom. The third kappa shape index (κ3) is 4.22. The van der Waals surface area contributed by atoms with Gasteiger partial charge in [0.15, 0.2) is 11.9 Å². The van der Waals surface area contributed by atoms with Crippen molar-refractivity contribution in [1.82, 2.24) is 0 Å². The maximum absolute atomic E-state index is 12.4. The van der Waals surface area contributed by atoms with Crippen LogP contribution in [0.25, 0.3) is 0 Å². The van der Waals surface area contributed by atoms with Gasteiger partial charge >= 0.3 is 0 Å². The molecule has 2 aromatic rings. The molecule has 4 heteroatoms. The first-order valence-corrected chi connectivity index (χ1v) is 7.94. The summed E-state index contributed by atoms with van der Waals surface area (Å²) in [4.78, 5) is 23.7. The molecule has 1 N–H and O–H groups in total. The predicted molar refractivity (Wildman–Crippen MR) is 95.8 cm³/mol. The van der Waals surface area contributed by atoms with Crippen molar-refractivity contribution < 1.29 is 14.3 Å². The zero-order valence-corrected chi connectivity index (χ0v) is 14.8. The van der Waals surface area contributed by atoms with Gasteiger partial charge in [-0.3, -0.25) is 9.59 Å².